The molecule has 2 heterocycles. The molecule has 0 spiro atoms. The average Bonchev–Trinajstić information content (AvgIpc) is 2.59. The third kappa shape index (κ3) is 5.15. The number of aromatic nitrogens is 3. The Kier molecular flexibility index (Phi) is 6.16. The van der Waals surface area contributed by atoms with Crippen molar-refractivity contribution in [3.05, 3.63) is 52.3 Å². The molecule has 0 saturated carbocycles. The minimum absolute atomic E-state index is 0.00176. The molecule has 11 heteroatoms. The lowest BCUT2D eigenvalue weighted by molar-refractivity contribution is -0.142. The highest BCUT2D eigenvalue weighted by Gasteiger charge is 2.34. The molecule has 2 aromatic heterocycles. The van der Waals surface area contributed by atoms with Crippen molar-refractivity contribution in [3.8, 4) is 0 Å². The number of carboxylic acid groups (broad SMARTS) is 1. The van der Waals surface area contributed by atoms with Gasteiger partial charge >= 0.3 is 12.1 Å². The molecule has 0 saturated heterocycles. The molecule has 2 aromatic rings. The summed E-state index contributed by atoms with van der Waals surface area (Å²) in [4.78, 5) is 42.4. The van der Waals surface area contributed by atoms with Gasteiger partial charge in [-0.1, -0.05) is 13.8 Å². The number of rotatable bonds is 6. The molecular weight excluding hydrogens is 381 g/mol. The first-order chi connectivity index (χ1) is 13.0. The van der Waals surface area contributed by atoms with Crippen LogP contribution in [0.1, 0.15) is 42.4 Å². The molecule has 2 N–H and O–H groups in total. The standard InChI is InChI=1S/C17H17F3N4O4/c1-9(2)5-11(24-8-12(17(18,19)20)21-7-14(24)25)15(26)23-13-4-3-10(6-22-13)16(27)28/h3-4,6-9,11H,5H2,1-2H3,(H,27,28)(H,22,23,26). The maximum Gasteiger partial charge on any atom is 0.434 e. The Balaban J connectivity index is 2.36. The van der Waals surface area contributed by atoms with Crippen molar-refractivity contribution < 1.29 is 27.9 Å². The van der Waals surface area contributed by atoms with E-state index in [-0.39, 0.29) is 23.7 Å². The summed E-state index contributed by atoms with van der Waals surface area (Å²) in [5.74, 6) is -2.08. The maximum atomic E-state index is 12.9. The molecule has 0 aliphatic rings. The topological polar surface area (TPSA) is 114 Å². The van der Waals surface area contributed by atoms with Crippen LogP contribution in [0.25, 0.3) is 0 Å². The van der Waals surface area contributed by atoms with Crippen molar-refractivity contribution in [1.82, 2.24) is 14.5 Å². The van der Waals surface area contributed by atoms with E-state index in [0.29, 0.717) is 17.0 Å². The van der Waals surface area contributed by atoms with Gasteiger partial charge in [0.2, 0.25) is 5.91 Å². The number of aromatic carboxylic acids is 1. The maximum absolute atomic E-state index is 12.9. The van der Waals surface area contributed by atoms with Crippen LogP contribution < -0.4 is 10.9 Å². The van der Waals surface area contributed by atoms with Crippen LogP contribution in [0.3, 0.4) is 0 Å². The van der Waals surface area contributed by atoms with E-state index in [0.717, 1.165) is 6.20 Å². The summed E-state index contributed by atoms with van der Waals surface area (Å²) in [5, 5.41) is 11.2. The van der Waals surface area contributed by atoms with Crippen LogP contribution in [-0.4, -0.2) is 31.5 Å². The van der Waals surface area contributed by atoms with Crippen molar-refractivity contribution in [2.24, 2.45) is 5.92 Å². The first kappa shape index (κ1) is 21.1. The fraction of sp³-hybridized carbons (Fsp3) is 0.353. The van der Waals surface area contributed by atoms with Gasteiger partial charge in [0.05, 0.1) is 11.8 Å². The van der Waals surface area contributed by atoms with E-state index in [1.165, 1.54) is 12.1 Å². The molecule has 0 bridgehead atoms. The van der Waals surface area contributed by atoms with Crippen LogP contribution >= 0.6 is 0 Å². The Bertz CT molecular complexity index is 923. The summed E-state index contributed by atoms with van der Waals surface area (Å²) in [6.07, 6.45) is -2.64. The first-order valence-corrected chi connectivity index (χ1v) is 8.14. The van der Waals surface area contributed by atoms with Gasteiger partial charge in [-0.15, -0.1) is 0 Å². The second kappa shape index (κ2) is 8.19. The van der Waals surface area contributed by atoms with Gasteiger partial charge < -0.3 is 10.4 Å². The van der Waals surface area contributed by atoms with Gasteiger partial charge in [-0.25, -0.2) is 14.8 Å². The Hall–Kier alpha value is -3.24. The minimum Gasteiger partial charge on any atom is -0.478 e. The highest BCUT2D eigenvalue weighted by molar-refractivity contribution is 5.93. The quantitative estimate of drug-likeness (QED) is 0.773. The van der Waals surface area contributed by atoms with Gasteiger partial charge in [0.1, 0.15) is 11.9 Å². The van der Waals surface area contributed by atoms with Gasteiger partial charge in [-0.05, 0) is 24.5 Å². The minimum atomic E-state index is -4.78. The van der Waals surface area contributed by atoms with E-state index < -0.39 is 35.3 Å². The molecule has 1 amide bonds. The Morgan fingerprint density at radius 3 is 2.39 bits per heavy atom. The van der Waals surface area contributed by atoms with Gasteiger partial charge in [0.15, 0.2) is 5.69 Å². The van der Waals surface area contributed by atoms with Crippen molar-refractivity contribution in [1.29, 1.82) is 0 Å². The number of pyridine rings is 1. The number of hydrogen-bond donors (Lipinski definition) is 2. The van der Waals surface area contributed by atoms with E-state index in [1.54, 1.807) is 13.8 Å². The summed E-state index contributed by atoms with van der Waals surface area (Å²) in [5.41, 5.74) is -2.25. The first-order valence-electron chi connectivity index (χ1n) is 8.14. The lowest BCUT2D eigenvalue weighted by atomic mass is 10.0. The normalized spacial score (nSPS) is 12.6. The number of amides is 1. The number of halogens is 3. The number of carbonyl (C=O) groups excluding carboxylic acids is 1. The number of hydrogen-bond acceptors (Lipinski definition) is 5. The molecular formula is C17H17F3N4O4. The second-order valence-electron chi connectivity index (χ2n) is 6.39. The molecule has 0 aromatic carbocycles. The highest BCUT2D eigenvalue weighted by atomic mass is 19.4. The van der Waals surface area contributed by atoms with Gasteiger partial charge in [-0.2, -0.15) is 13.2 Å². The SMILES string of the molecule is CC(C)CC(C(=O)Nc1ccc(C(=O)O)cn1)n1cc(C(F)(F)F)ncc1=O. The largest absolute Gasteiger partial charge is 0.478 e. The molecule has 0 fully saturated rings. The van der Waals surface area contributed by atoms with Crippen molar-refractivity contribution in [3.63, 3.8) is 0 Å². The summed E-state index contributed by atoms with van der Waals surface area (Å²) >= 11 is 0. The van der Waals surface area contributed by atoms with E-state index in [2.05, 4.69) is 15.3 Å². The number of anilines is 1. The molecule has 28 heavy (non-hydrogen) atoms. The fourth-order valence-electron chi connectivity index (χ4n) is 2.41. The highest BCUT2D eigenvalue weighted by Crippen LogP contribution is 2.27. The van der Waals surface area contributed by atoms with Gasteiger partial charge in [-0.3, -0.25) is 14.2 Å². The predicted octanol–water partition coefficient (Wildman–Crippen LogP) is 2.58. The van der Waals surface area contributed by atoms with E-state index in [9.17, 15) is 27.6 Å². The predicted molar refractivity (Wildman–Crippen MR) is 91.8 cm³/mol. The van der Waals surface area contributed by atoms with Crippen LogP contribution in [0.15, 0.2) is 35.5 Å². The lowest BCUT2D eigenvalue weighted by Crippen LogP contribution is -2.35. The van der Waals surface area contributed by atoms with Crippen molar-refractivity contribution >= 4 is 17.7 Å². The number of alkyl halides is 3. The molecule has 1 unspecified atom stereocenters. The van der Waals surface area contributed by atoms with Crippen LogP contribution in [-0.2, 0) is 11.0 Å². The second-order valence-corrected chi connectivity index (χ2v) is 6.39. The summed E-state index contributed by atoms with van der Waals surface area (Å²) in [6, 6.07) is 1.21. The summed E-state index contributed by atoms with van der Waals surface area (Å²) in [7, 11) is 0. The van der Waals surface area contributed by atoms with Crippen LogP contribution in [0.5, 0.6) is 0 Å². The molecule has 1 atom stereocenters. The summed E-state index contributed by atoms with van der Waals surface area (Å²) < 4.78 is 39.5. The molecule has 0 aliphatic heterocycles. The van der Waals surface area contributed by atoms with Crippen LogP contribution in [0.2, 0.25) is 0 Å². The van der Waals surface area contributed by atoms with E-state index in [1.807, 2.05) is 0 Å². The number of carboxylic acids is 1. The smallest absolute Gasteiger partial charge is 0.434 e. The zero-order valence-corrected chi connectivity index (χ0v) is 14.9. The van der Waals surface area contributed by atoms with E-state index >= 15 is 0 Å². The molecule has 8 nitrogen and oxygen atoms in total. The number of nitrogens with zero attached hydrogens (tertiary/aromatic N) is 3. The zero-order valence-electron chi connectivity index (χ0n) is 14.9. The monoisotopic (exact) mass is 398 g/mol. The number of nitrogens with one attached hydrogen (secondary N) is 1. The fourth-order valence-corrected chi connectivity index (χ4v) is 2.41. The van der Waals surface area contributed by atoms with E-state index in [4.69, 9.17) is 5.11 Å². The Morgan fingerprint density at radius 1 is 1.21 bits per heavy atom. The van der Waals surface area contributed by atoms with Crippen LogP contribution in [0.4, 0.5) is 19.0 Å². The van der Waals surface area contributed by atoms with Crippen molar-refractivity contribution in [2.45, 2.75) is 32.5 Å². The molecule has 150 valence electrons. The third-order valence-electron chi connectivity index (χ3n) is 3.72. The summed E-state index contributed by atoms with van der Waals surface area (Å²) in [6.45, 7) is 3.49. The molecule has 0 aliphatic carbocycles. The molecule has 0 radical (unpaired) electrons. The van der Waals surface area contributed by atoms with Gasteiger partial charge in [0, 0.05) is 12.4 Å². The van der Waals surface area contributed by atoms with Crippen LogP contribution in [0, 0.1) is 5.92 Å². The lowest BCUT2D eigenvalue weighted by Gasteiger charge is -2.21. The Labute approximate surface area is 157 Å². The number of carbonyl (C=O) groups is 2. The third-order valence-corrected chi connectivity index (χ3v) is 3.72. The zero-order chi connectivity index (χ0) is 21.1. The Morgan fingerprint density at radius 2 is 1.89 bits per heavy atom. The van der Waals surface area contributed by atoms with Gasteiger partial charge in [0.25, 0.3) is 5.56 Å². The molecule has 2 rings (SSSR count). The van der Waals surface area contributed by atoms with Crippen molar-refractivity contribution in [2.75, 3.05) is 5.32 Å². The average molecular weight is 398 g/mol.